The molecule has 120 valence electrons. The van der Waals surface area contributed by atoms with Gasteiger partial charge < -0.3 is 15.6 Å². The topological polar surface area (TPSA) is 116 Å². The second kappa shape index (κ2) is 6.84. The molecule has 0 radical (unpaired) electrons. The van der Waals surface area contributed by atoms with Crippen LogP contribution in [0.15, 0.2) is 48.5 Å². The van der Waals surface area contributed by atoms with Gasteiger partial charge in [0, 0.05) is 0 Å². The van der Waals surface area contributed by atoms with Gasteiger partial charge in [-0.3, -0.25) is 14.9 Å². The lowest BCUT2D eigenvalue weighted by Crippen LogP contribution is -2.39. The van der Waals surface area contributed by atoms with E-state index in [9.17, 15) is 19.3 Å². The summed E-state index contributed by atoms with van der Waals surface area (Å²) < 4.78 is 18.6. The average Bonchev–Trinajstić information content (AvgIpc) is 2.53. The van der Waals surface area contributed by atoms with Crippen LogP contribution in [0, 0.1) is 15.9 Å². The summed E-state index contributed by atoms with van der Waals surface area (Å²) in [6.45, 7) is 0. The lowest BCUT2D eigenvalue weighted by atomic mass is 10.0. The molecule has 0 saturated carbocycles. The van der Waals surface area contributed by atoms with Gasteiger partial charge in [-0.25, -0.2) is 4.39 Å². The highest BCUT2D eigenvalue weighted by Gasteiger charge is 2.30. The van der Waals surface area contributed by atoms with Crippen molar-refractivity contribution in [3.8, 4) is 5.75 Å². The van der Waals surface area contributed by atoms with Gasteiger partial charge in [-0.2, -0.15) is 0 Å². The number of hydrogen-bond donors (Lipinski definition) is 2. The number of aliphatic carboxylic acids is 1. The third-order valence-electron chi connectivity index (χ3n) is 3.11. The van der Waals surface area contributed by atoms with Crippen LogP contribution in [0.2, 0.25) is 0 Å². The zero-order valence-corrected chi connectivity index (χ0v) is 11.8. The molecule has 2 atom stereocenters. The van der Waals surface area contributed by atoms with Crippen LogP contribution in [0.1, 0.15) is 11.7 Å². The van der Waals surface area contributed by atoms with Crippen molar-refractivity contribution in [3.05, 3.63) is 70.0 Å². The number of carbonyl (C=O) groups is 1. The van der Waals surface area contributed by atoms with Crippen molar-refractivity contribution in [1.29, 1.82) is 0 Å². The largest absolute Gasteiger partial charge is 0.480 e. The summed E-state index contributed by atoms with van der Waals surface area (Å²) in [4.78, 5) is 21.4. The van der Waals surface area contributed by atoms with E-state index < -0.39 is 34.5 Å². The molecule has 0 aliphatic heterocycles. The Morgan fingerprint density at radius 1 is 1.26 bits per heavy atom. The Balaban J connectivity index is 2.43. The molecule has 0 aliphatic rings. The van der Waals surface area contributed by atoms with Crippen molar-refractivity contribution in [3.63, 3.8) is 0 Å². The van der Waals surface area contributed by atoms with Crippen molar-refractivity contribution in [2.75, 3.05) is 0 Å². The highest BCUT2D eigenvalue weighted by atomic mass is 19.1. The molecule has 8 heteroatoms. The molecular formula is C15H13FN2O5. The fourth-order valence-electron chi connectivity index (χ4n) is 1.99. The van der Waals surface area contributed by atoms with Crippen molar-refractivity contribution in [2.24, 2.45) is 5.73 Å². The number of carboxylic acid groups (broad SMARTS) is 1. The number of nitro benzene ring substituents is 1. The molecule has 3 N–H and O–H groups in total. The fourth-order valence-corrected chi connectivity index (χ4v) is 1.99. The maximum absolute atomic E-state index is 13.2. The summed E-state index contributed by atoms with van der Waals surface area (Å²) in [6.07, 6.45) is -1.17. The SMILES string of the molecule is N[C@H](C(=O)O)[C@@H](Oc1ccc(F)cc1[N+](=O)[O-])c1ccccc1. The zero-order valence-electron chi connectivity index (χ0n) is 11.8. The molecule has 23 heavy (non-hydrogen) atoms. The van der Waals surface area contributed by atoms with Gasteiger partial charge in [0.15, 0.2) is 5.75 Å². The summed E-state index contributed by atoms with van der Waals surface area (Å²) in [5.41, 5.74) is 5.45. The third-order valence-corrected chi connectivity index (χ3v) is 3.11. The Kier molecular flexibility index (Phi) is 4.87. The van der Waals surface area contributed by atoms with Crippen LogP contribution in [0.3, 0.4) is 0 Å². The number of benzene rings is 2. The van der Waals surface area contributed by atoms with Gasteiger partial charge in [0.25, 0.3) is 0 Å². The number of hydrogen-bond acceptors (Lipinski definition) is 5. The molecule has 0 bridgehead atoms. The number of nitro groups is 1. The Bertz CT molecular complexity index is 723. The highest BCUT2D eigenvalue weighted by molar-refractivity contribution is 5.74. The smallest absolute Gasteiger partial charge is 0.324 e. The van der Waals surface area contributed by atoms with Gasteiger partial charge >= 0.3 is 11.7 Å². The minimum atomic E-state index is -1.46. The molecule has 2 aromatic rings. The maximum Gasteiger partial charge on any atom is 0.324 e. The first kappa shape index (κ1) is 16.4. The monoisotopic (exact) mass is 320 g/mol. The normalized spacial score (nSPS) is 13.1. The predicted octanol–water partition coefficient (Wildman–Crippen LogP) is 2.27. The molecule has 0 fully saturated rings. The van der Waals surface area contributed by atoms with Gasteiger partial charge in [0.1, 0.15) is 18.0 Å². The summed E-state index contributed by atoms with van der Waals surface area (Å²) in [7, 11) is 0. The highest BCUT2D eigenvalue weighted by Crippen LogP contribution is 2.32. The standard InChI is InChI=1S/C15H13FN2O5/c16-10-6-7-12(11(8-10)18(21)22)23-14(13(17)15(19)20)9-4-2-1-3-5-9/h1-8,13-14H,17H2,(H,19,20)/t13-,14-/m0/s1. The molecule has 7 nitrogen and oxygen atoms in total. The van der Waals surface area contributed by atoms with Gasteiger partial charge in [-0.15, -0.1) is 0 Å². The second-order valence-electron chi connectivity index (χ2n) is 4.68. The van der Waals surface area contributed by atoms with Crippen LogP contribution in [-0.4, -0.2) is 22.0 Å². The van der Waals surface area contributed by atoms with Crippen LogP contribution in [0.4, 0.5) is 10.1 Å². The molecule has 0 amide bonds. The summed E-state index contributed by atoms with van der Waals surface area (Å²) >= 11 is 0. The van der Waals surface area contributed by atoms with Crippen molar-refractivity contribution >= 4 is 11.7 Å². The van der Waals surface area contributed by atoms with Crippen molar-refractivity contribution in [2.45, 2.75) is 12.1 Å². The number of rotatable bonds is 6. The van der Waals surface area contributed by atoms with E-state index in [2.05, 4.69) is 0 Å². The third kappa shape index (κ3) is 3.80. The van der Waals surface area contributed by atoms with Gasteiger partial charge in [0.05, 0.1) is 11.0 Å². The number of carboxylic acids is 1. The Morgan fingerprint density at radius 3 is 2.48 bits per heavy atom. The molecule has 2 rings (SSSR count). The molecular weight excluding hydrogens is 307 g/mol. The van der Waals surface area contributed by atoms with E-state index in [-0.39, 0.29) is 5.75 Å². The molecule has 0 aromatic heterocycles. The van der Waals surface area contributed by atoms with Crippen molar-refractivity contribution in [1.82, 2.24) is 0 Å². The van der Waals surface area contributed by atoms with Gasteiger partial charge in [0.2, 0.25) is 0 Å². The fraction of sp³-hybridized carbons (Fsp3) is 0.133. The lowest BCUT2D eigenvalue weighted by Gasteiger charge is -2.22. The average molecular weight is 320 g/mol. The van der Waals surface area contributed by atoms with Crippen LogP contribution in [0.25, 0.3) is 0 Å². The van der Waals surface area contributed by atoms with E-state index in [0.717, 1.165) is 12.1 Å². The first-order valence-electron chi connectivity index (χ1n) is 6.54. The van der Waals surface area contributed by atoms with E-state index in [0.29, 0.717) is 11.6 Å². The molecule has 0 unspecified atom stereocenters. The summed E-state index contributed by atoms with van der Waals surface area (Å²) in [5, 5.41) is 20.1. The first-order chi connectivity index (χ1) is 10.9. The van der Waals surface area contributed by atoms with Crippen LogP contribution in [-0.2, 0) is 4.79 Å². The van der Waals surface area contributed by atoms with E-state index >= 15 is 0 Å². The molecule has 0 heterocycles. The van der Waals surface area contributed by atoms with Gasteiger partial charge in [-0.05, 0) is 17.7 Å². The lowest BCUT2D eigenvalue weighted by molar-refractivity contribution is -0.386. The minimum Gasteiger partial charge on any atom is -0.480 e. The van der Waals surface area contributed by atoms with Crippen LogP contribution in [0.5, 0.6) is 5.75 Å². The number of ether oxygens (including phenoxy) is 1. The zero-order chi connectivity index (χ0) is 17.0. The van der Waals surface area contributed by atoms with E-state index in [1.54, 1.807) is 30.3 Å². The summed E-state index contributed by atoms with van der Waals surface area (Å²) in [5.74, 6) is -2.39. The summed E-state index contributed by atoms with van der Waals surface area (Å²) in [6, 6.07) is 9.48. The van der Waals surface area contributed by atoms with E-state index in [1.165, 1.54) is 0 Å². The van der Waals surface area contributed by atoms with Crippen LogP contribution >= 0.6 is 0 Å². The Morgan fingerprint density at radius 2 is 1.91 bits per heavy atom. The number of nitrogens with two attached hydrogens (primary N) is 1. The number of nitrogens with zero attached hydrogens (tertiary/aromatic N) is 1. The second-order valence-corrected chi connectivity index (χ2v) is 4.68. The number of halogens is 1. The van der Waals surface area contributed by atoms with Gasteiger partial charge in [-0.1, -0.05) is 30.3 Å². The first-order valence-corrected chi connectivity index (χ1v) is 6.54. The molecule has 0 spiro atoms. The molecule has 0 aliphatic carbocycles. The Labute approximate surface area is 130 Å². The van der Waals surface area contributed by atoms with Crippen LogP contribution < -0.4 is 10.5 Å². The van der Waals surface area contributed by atoms with E-state index in [1.807, 2.05) is 0 Å². The molecule has 0 saturated heterocycles. The quantitative estimate of drug-likeness (QED) is 0.623. The maximum atomic E-state index is 13.2. The minimum absolute atomic E-state index is 0.262. The Hall–Kier alpha value is -3.00. The van der Waals surface area contributed by atoms with E-state index in [4.69, 9.17) is 15.6 Å². The van der Waals surface area contributed by atoms with Crippen molar-refractivity contribution < 1.29 is 24.0 Å². The predicted molar refractivity (Wildman–Crippen MR) is 78.5 cm³/mol. The molecule has 2 aromatic carbocycles.